The minimum Gasteiger partial charge on any atom is -0.393 e. The molecule has 0 aromatic heterocycles. The maximum atomic E-state index is 9.30. The number of rotatable bonds is 5. The summed E-state index contributed by atoms with van der Waals surface area (Å²) in [6, 6.07) is 0.710. The van der Waals surface area contributed by atoms with Crippen LogP contribution in [-0.4, -0.2) is 35.2 Å². The number of aliphatic hydroxyl groups is 1. The fourth-order valence-electron chi connectivity index (χ4n) is 3.43. The van der Waals surface area contributed by atoms with E-state index < -0.39 is 0 Å². The molecule has 2 nitrogen and oxygen atoms in total. The highest BCUT2D eigenvalue weighted by atomic mass is 16.3. The topological polar surface area (TPSA) is 23.5 Å². The van der Waals surface area contributed by atoms with E-state index in [1.54, 1.807) is 0 Å². The van der Waals surface area contributed by atoms with E-state index in [4.69, 9.17) is 0 Å². The molecular weight excluding hydrogens is 186 g/mol. The highest BCUT2D eigenvalue weighted by Crippen LogP contribution is 2.43. The van der Waals surface area contributed by atoms with Gasteiger partial charge in [0, 0.05) is 19.1 Å². The summed E-state index contributed by atoms with van der Waals surface area (Å²) in [4.78, 5) is 2.60. The first-order chi connectivity index (χ1) is 7.19. The Morgan fingerprint density at radius 1 is 1.13 bits per heavy atom. The Kier molecular flexibility index (Phi) is 3.36. The van der Waals surface area contributed by atoms with Gasteiger partial charge in [-0.3, -0.25) is 4.90 Å². The third-order valence-corrected chi connectivity index (χ3v) is 4.24. The number of hydrogen-bond acceptors (Lipinski definition) is 2. The van der Waals surface area contributed by atoms with Crippen LogP contribution in [0.15, 0.2) is 0 Å². The van der Waals surface area contributed by atoms with Crippen molar-refractivity contribution < 1.29 is 5.11 Å². The number of nitrogens with zero attached hydrogens (tertiary/aromatic N) is 1. The largest absolute Gasteiger partial charge is 0.393 e. The lowest BCUT2D eigenvalue weighted by Crippen LogP contribution is -2.63. The molecule has 0 aromatic rings. The minimum absolute atomic E-state index is 0.00218. The predicted molar refractivity (Wildman–Crippen MR) is 62.9 cm³/mol. The van der Waals surface area contributed by atoms with Crippen LogP contribution in [0.25, 0.3) is 0 Å². The molecule has 0 amide bonds. The summed E-state index contributed by atoms with van der Waals surface area (Å²) in [6.07, 6.45) is 7.48. The second-order valence-electron chi connectivity index (χ2n) is 5.68. The summed E-state index contributed by atoms with van der Waals surface area (Å²) in [5, 5.41) is 9.30. The molecule has 0 radical (unpaired) electrons. The van der Waals surface area contributed by atoms with Crippen molar-refractivity contribution in [1.29, 1.82) is 0 Å². The van der Waals surface area contributed by atoms with Gasteiger partial charge in [-0.25, -0.2) is 0 Å². The quantitative estimate of drug-likeness (QED) is 0.755. The fourth-order valence-corrected chi connectivity index (χ4v) is 3.43. The number of aliphatic hydroxyl groups excluding tert-OH is 1. The van der Waals surface area contributed by atoms with Crippen molar-refractivity contribution >= 4 is 0 Å². The molecule has 0 aromatic carbocycles. The molecule has 0 spiro atoms. The van der Waals surface area contributed by atoms with Gasteiger partial charge in [0.25, 0.3) is 0 Å². The van der Waals surface area contributed by atoms with Crippen molar-refractivity contribution in [3.05, 3.63) is 0 Å². The van der Waals surface area contributed by atoms with Gasteiger partial charge in [-0.05, 0) is 31.1 Å². The fraction of sp³-hybridized carbons (Fsp3) is 1.00. The number of likely N-dealkylation sites (tertiary alicyclic amines) is 1. The molecule has 1 N–H and O–H groups in total. The van der Waals surface area contributed by atoms with Gasteiger partial charge >= 0.3 is 0 Å². The molecule has 88 valence electrons. The molecule has 0 bridgehead atoms. The second-order valence-corrected chi connectivity index (χ2v) is 5.68. The van der Waals surface area contributed by atoms with Gasteiger partial charge in [-0.2, -0.15) is 0 Å². The van der Waals surface area contributed by atoms with Crippen LogP contribution in [0.2, 0.25) is 0 Å². The first kappa shape index (κ1) is 11.4. The van der Waals surface area contributed by atoms with Crippen LogP contribution in [-0.2, 0) is 0 Å². The SMILES string of the molecule is CCCC1(CCC)CN(C2CC(O)C2)C1. The van der Waals surface area contributed by atoms with E-state index in [9.17, 15) is 5.11 Å². The molecule has 0 atom stereocenters. The van der Waals surface area contributed by atoms with E-state index in [0.29, 0.717) is 11.5 Å². The standard InChI is InChI=1S/C13H25NO/c1-3-5-13(6-4-2)9-14(10-13)11-7-12(15)8-11/h11-12,15H,3-10H2,1-2H3. The van der Waals surface area contributed by atoms with Crippen molar-refractivity contribution in [2.45, 2.75) is 64.5 Å². The Hall–Kier alpha value is -0.0800. The highest BCUT2D eigenvalue weighted by molar-refractivity contribution is 5.00. The van der Waals surface area contributed by atoms with Gasteiger partial charge < -0.3 is 5.11 Å². The van der Waals surface area contributed by atoms with Crippen molar-refractivity contribution in [2.75, 3.05) is 13.1 Å². The molecule has 2 heteroatoms. The van der Waals surface area contributed by atoms with E-state index in [1.165, 1.54) is 38.8 Å². The lowest BCUT2D eigenvalue weighted by Gasteiger charge is -2.56. The highest BCUT2D eigenvalue weighted by Gasteiger charge is 2.46. The van der Waals surface area contributed by atoms with Gasteiger partial charge in [-0.1, -0.05) is 26.7 Å². The molecule has 1 saturated heterocycles. The van der Waals surface area contributed by atoms with E-state index in [-0.39, 0.29) is 6.10 Å². The van der Waals surface area contributed by atoms with Gasteiger partial charge in [0.1, 0.15) is 0 Å². The molecule has 1 aliphatic heterocycles. The summed E-state index contributed by atoms with van der Waals surface area (Å²) < 4.78 is 0. The summed E-state index contributed by atoms with van der Waals surface area (Å²) >= 11 is 0. The Labute approximate surface area is 93.7 Å². The second kappa shape index (κ2) is 4.42. The Balaban J connectivity index is 1.77. The average Bonchev–Trinajstić information content (AvgIpc) is 2.09. The van der Waals surface area contributed by atoms with Crippen molar-refractivity contribution in [1.82, 2.24) is 4.90 Å². The summed E-state index contributed by atoms with van der Waals surface area (Å²) in [5.41, 5.74) is 0.643. The van der Waals surface area contributed by atoms with Crippen LogP contribution in [0.5, 0.6) is 0 Å². The van der Waals surface area contributed by atoms with E-state index in [2.05, 4.69) is 18.7 Å². The van der Waals surface area contributed by atoms with Crippen LogP contribution in [0.3, 0.4) is 0 Å². The van der Waals surface area contributed by atoms with Crippen molar-refractivity contribution in [2.24, 2.45) is 5.41 Å². The smallest absolute Gasteiger partial charge is 0.0570 e. The van der Waals surface area contributed by atoms with Crippen LogP contribution in [0.1, 0.15) is 52.4 Å². The first-order valence-corrected chi connectivity index (χ1v) is 6.61. The molecule has 2 aliphatic rings. The maximum absolute atomic E-state index is 9.30. The average molecular weight is 211 g/mol. The zero-order chi connectivity index (χ0) is 10.9. The summed E-state index contributed by atoms with van der Waals surface area (Å²) in [7, 11) is 0. The van der Waals surface area contributed by atoms with Gasteiger partial charge in [0.2, 0.25) is 0 Å². The van der Waals surface area contributed by atoms with Crippen molar-refractivity contribution in [3.63, 3.8) is 0 Å². The van der Waals surface area contributed by atoms with Crippen molar-refractivity contribution in [3.8, 4) is 0 Å². The zero-order valence-electron chi connectivity index (χ0n) is 10.2. The van der Waals surface area contributed by atoms with E-state index in [1.807, 2.05) is 0 Å². The third-order valence-electron chi connectivity index (χ3n) is 4.24. The Morgan fingerprint density at radius 2 is 1.67 bits per heavy atom. The lowest BCUT2D eigenvalue weighted by molar-refractivity contribution is -0.0965. The first-order valence-electron chi connectivity index (χ1n) is 6.61. The lowest BCUT2D eigenvalue weighted by atomic mass is 9.70. The molecule has 1 saturated carbocycles. The Bertz CT molecular complexity index is 197. The van der Waals surface area contributed by atoms with Crippen LogP contribution in [0.4, 0.5) is 0 Å². The summed E-state index contributed by atoms with van der Waals surface area (Å²) in [6.45, 7) is 7.19. The van der Waals surface area contributed by atoms with Crippen LogP contribution >= 0.6 is 0 Å². The normalized spacial score (nSPS) is 34.6. The maximum Gasteiger partial charge on any atom is 0.0570 e. The van der Waals surface area contributed by atoms with Gasteiger partial charge in [-0.15, -0.1) is 0 Å². The molecule has 1 aliphatic carbocycles. The van der Waals surface area contributed by atoms with Crippen LogP contribution in [0, 0.1) is 5.41 Å². The van der Waals surface area contributed by atoms with Gasteiger partial charge in [0.15, 0.2) is 0 Å². The summed E-state index contributed by atoms with van der Waals surface area (Å²) in [5.74, 6) is 0. The Morgan fingerprint density at radius 3 is 2.07 bits per heavy atom. The minimum atomic E-state index is 0.00218. The van der Waals surface area contributed by atoms with E-state index in [0.717, 1.165) is 12.8 Å². The predicted octanol–water partition coefficient (Wildman–Crippen LogP) is 2.41. The molecule has 1 heterocycles. The molecule has 15 heavy (non-hydrogen) atoms. The number of hydrogen-bond donors (Lipinski definition) is 1. The zero-order valence-corrected chi connectivity index (χ0v) is 10.2. The monoisotopic (exact) mass is 211 g/mol. The molecular formula is C13H25NO. The van der Waals surface area contributed by atoms with Gasteiger partial charge in [0.05, 0.1) is 6.10 Å². The molecule has 2 rings (SSSR count). The van der Waals surface area contributed by atoms with E-state index >= 15 is 0 Å². The molecule has 2 fully saturated rings. The third kappa shape index (κ3) is 2.21. The molecule has 0 unspecified atom stereocenters. The van der Waals surface area contributed by atoms with Crippen LogP contribution < -0.4 is 0 Å².